The number of benzene rings is 1. The maximum absolute atomic E-state index is 12.1. The summed E-state index contributed by atoms with van der Waals surface area (Å²) in [7, 11) is 2.99. The number of hydrogen-bond acceptors (Lipinski definition) is 7. The van der Waals surface area contributed by atoms with E-state index in [1.54, 1.807) is 0 Å². The molecule has 0 fully saturated rings. The number of esters is 1. The number of ether oxygens (including phenoxy) is 5. The molecule has 0 aromatic heterocycles. The first kappa shape index (κ1) is 16.9. The fourth-order valence-corrected chi connectivity index (χ4v) is 1.95. The normalized spacial score (nSPS) is 12.4. The molecule has 1 aromatic carbocycles. The molecule has 23 heavy (non-hydrogen) atoms. The Hall–Kier alpha value is -2.48. The van der Waals surface area contributed by atoms with Crippen molar-refractivity contribution in [1.82, 2.24) is 5.32 Å². The van der Waals surface area contributed by atoms with Gasteiger partial charge in [0.25, 0.3) is 5.91 Å². The molecule has 0 unspecified atom stereocenters. The van der Waals surface area contributed by atoms with Gasteiger partial charge in [0.05, 0.1) is 19.3 Å². The Morgan fingerprint density at radius 1 is 1.22 bits per heavy atom. The van der Waals surface area contributed by atoms with E-state index in [-0.39, 0.29) is 12.2 Å². The van der Waals surface area contributed by atoms with Gasteiger partial charge < -0.3 is 29.0 Å². The molecule has 0 saturated heterocycles. The molecule has 0 bridgehead atoms. The van der Waals surface area contributed by atoms with Crippen molar-refractivity contribution in [2.24, 2.45) is 0 Å². The van der Waals surface area contributed by atoms with Crippen molar-refractivity contribution in [1.29, 1.82) is 0 Å². The highest BCUT2D eigenvalue weighted by Gasteiger charge is 2.21. The molecular formula is C15H19NO7. The van der Waals surface area contributed by atoms with Crippen LogP contribution in [0.5, 0.6) is 17.2 Å². The van der Waals surface area contributed by atoms with Gasteiger partial charge in [0.15, 0.2) is 18.1 Å². The second kappa shape index (κ2) is 8.23. The molecule has 1 heterocycles. The molecule has 0 radical (unpaired) electrons. The lowest BCUT2D eigenvalue weighted by atomic mass is 10.1. The van der Waals surface area contributed by atoms with E-state index < -0.39 is 11.9 Å². The van der Waals surface area contributed by atoms with Crippen LogP contribution in [0.3, 0.4) is 0 Å². The average Bonchev–Trinajstić information content (AvgIpc) is 2.58. The molecule has 0 spiro atoms. The molecule has 2 rings (SSSR count). The lowest BCUT2D eigenvalue weighted by Gasteiger charge is -2.21. The second-order valence-corrected chi connectivity index (χ2v) is 4.62. The van der Waals surface area contributed by atoms with Crippen LogP contribution < -0.4 is 19.5 Å². The Kier molecular flexibility index (Phi) is 6.04. The summed E-state index contributed by atoms with van der Waals surface area (Å²) in [6.45, 7) is 1.16. The van der Waals surface area contributed by atoms with E-state index in [1.165, 1.54) is 26.4 Å². The Balaban J connectivity index is 1.98. The van der Waals surface area contributed by atoms with Crippen molar-refractivity contribution in [2.75, 3.05) is 47.2 Å². The lowest BCUT2D eigenvalue weighted by Crippen LogP contribution is -2.31. The van der Waals surface area contributed by atoms with Gasteiger partial charge >= 0.3 is 5.97 Å². The molecule has 0 saturated carbocycles. The quantitative estimate of drug-likeness (QED) is 0.572. The van der Waals surface area contributed by atoms with Crippen LogP contribution in [0.2, 0.25) is 0 Å². The highest BCUT2D eigenvalue weighted by atomic mass is 16.6. The molecular weight excluding hydrogens is 306 g/mol. The van der Waals surface area contributed by atoms with Crippen LogP contribution in [0, 0.1) is 0 Å². The zero-order valence-electron chi connectivity index (χ0n) is 13.0. The Morgan fingerprint density at radius 2 is 2.00 bits per heavy atom. The molecule has 0 aliphatic carbocycles. The van der Waals surface area contributed by atoms with Gasteiger partial charge in [0.2, 0.25) is 5.75 Å². The number of hydrogen-bond donors (Lipinski definition) is 1. The van der Waals surface area contributed by atoms with E-state index in [0.717, 1.165) is 0 Å². The van der Waals surface area contributed by atoms with Crippen LogP contribution in [-0.2, 0) is 14.3 Å². The highest BCUT2D eigenvalue weighted by Crippen LogP contribution is 2.40. The Labute approximate surface area is 133 Å². The van der Waals surface area contributed by atoms with E-state index in [1.807, 2.05) is 0 Å². The van der Waals surface area contributed by atoms with Crippen molar-refractivity contribution >= 4 is 11.9 Å². The van der Waals surface area contributed by atoms with Crippen LogP contribution in [-0.4, -0.2) is 59.1 Å². The third-order valence-corrected chi connectivity index (χ3v) is 3.03. The molecule has 126 valence electrons. The van der Waals surface area contributed by atoms with Crippen molar-refractivity contribution in [2.45, 2.75) is 0 Å². The minimum atomic E-state index is -0.651. The summed E-state index contributed by atoms with van der Waals surface area (Å²) in [5, 5.41) is 2.55. The fourth-order valence-electron chi connectivity index (χ4n) is 1.95. The summed E-state index contributed by atoms with van der Waals surface area (Å²) >= 11 is 0. The van der Waals surface area contributed by atoms with Crippen LogP contribution in [0.15, 0.2) is 12.1 Å². The predicted octanol–water partition coefficient (Wildman–Crippen LogP) is 0.386. The number of amides is 1. The number of rotatable bonds is 7. The van der Waals surface area contributed by atoms with Crippen molar-refractivity contribution in [3.8, 4) is 17.2 Å². The smallest absolute Gasteiger partial charge is 0.338 e. The molecule has 1 N–H and O–H groups in total. The van der Waals surface area contributed by atoms with Gasteiger partial charge in [-0.3, -0.25) is 4.79 Å². The van der Waals surface area contributed by atoms with Gasteiger partial charge in [0, 0.05) is 13.7 Å². The highest BCUT2D eigenvalue weighted by molar-refractivity contribution is 5.92. The van der Waals surface area contributed by atoms with E-state index in [2.05, 4.69) is 5.32 Å². The monoisotopic (exact) mass is 325 g/mol. The number of carbonyl (C=O) groups excluding carboxylic acids is 2. The van der Waals surface area contributed by atoms with E-state index in [0.29, 0.717) is 43.6 Å². The third-order valence-electron chi connectivity index (χ3n) is 3.03. The molecule has 0 atom stereocenters. The summed E-state index contributed by atoms with van der Waals surface area (Å²) in [6.07, 6.45) is 0. The minimum Gasteiger partial charge on any atom is -0.493 e. The first-order chi connectivity index (χ1) is 11.2. The van der Waals surface area contributed by atoms with Gasteiger partial charge in [-0.05, 0) is 12.1 Å². The van der Waals surface area contributed by atoms with E-state index in [9.17, 15) is 9.59 Å². The largest absolute Gasteiger partial charge is 0.493 e. The number of fused-ring (bicyclic) bond motifs is 1. The van der Waals surface area contributed by atoms with Gasteiger partial charge in [-0.1, -0.05) is 0 Å². The van der Waals surface area contributed by atoms with E-state index >= 15 is 0 Å². The second-order valence-electron chi connectivity index (χ2n) is 4.62. The first-order valence-corrected chi connectivity index (χ1v) is 7.06. The summed E-state index contributed by atoms with van der Waals surface area (Å²) in [6, 6.07) is 2.99. The molecule has 1 aliphatic heterocycles. The molecule has 1 aliphatic rings. The molecule has 8 nitrogen and oxygen atoms in total. The minimum absolute atomic E-state index is 0.218. The standard InChI is InChI=1S/C15H19NO7/c1-19-4-3-16-13(17)9-23-15(18)10-7-11(20-2)14-12(8-10)21-5-6-22-14/h7-8H,3-6,9H2,1-2H3,(H,16,17). The molecule has 1 amide bonds. The van der Waals surface area contributed by atoms with Gasteiger partial charge in [0.1, 0.15) is 13.2 Å². The zero-order chi connectivity index (χ0) is 16.7. The maximum Gasteiger partial charge on any atom is 0.338 e. The summed E-state index contributed by atoms with van der Waals surface area (Å²) in [5.74, 6) is 0.181. The summed E-state index contributed by atoms with van der Waals surface area (Å²) in [4.78, 5) is 23.6. The Bertz CT molecular complexity index is 556. The van der Waals surface area contributed by atoms with Crippen LogP contribution >= 0.6 is 0 Å². The van der Waals surface area contributed by atoms with Gasteiger partial charge in [-0.2, -0.15) is 0 Å². The summed E-state index contributed by atoms with van der Waals surface area (Å²) in [5.41, 5.74) is 0.218. The molecule has 1 aromatic rings. The third kappa shape index (κ3) is 4.49. The topological polar surface area (TPSA) is 92.3 Å². The average molecular weight is 325 g/mol. The predicted molar refractivity (Wildman–Crippen MR) is 79.2 cm³/mol. The Morgan fingerprint density at radius 3 is 2.74 bits per heavy atom. The van der Waals surface area contributed by atoms with Crippen LogP contribution in [0.1, 0.15) is 10.4 Å². The maximum atomic E-state index is 12.1. The fraction of sp³-hybridized carbons (Fsp3) is 0.467. The number of nitrogens with one attached hydrogen (secondary N) is 1. The zero-order valence-corrected chi connectivity index (χ0v) is 13.0. The van der Waals surface area contributed by atoms with Crippen molar-refractivity contribution in [3.63, 3.8) is 0 Å². The van der Waals surface area contributed by atoms with Crippen LogP contribution in [0.4, 0.5) is 0 Å². The molecule has 8 heteroatoms. The first-order valence-electron chi connectivity index (χ1n) is 7.06. The SMILES string of the molecule is COCCNC(=O)COC(=O)c1cc(OC)c2c(c1)OCCO2. The number of carbonyl (C=O) groups is 2. The van der Waals surface area contributed by atoms with Crippen molar-refractivity contribution in [3.05, 3.63) is 17.7 Å². The van der Waals surface area contributed by atoms with Crippen molar-refractivity contribution < 1.29 is 33.3 Å². The van der Waals surface area contributed by atoms with Gasteiger partial charge in [-0.15, -0.1) is 0 Å². The van der Waals surface area contributed by atoms with E-state index in [4.69, 9.17) is 23.7 Å². The summed E-state index contributed by atoms with van der Waals surface area (Å²) < 4.78 is 25.9. The number of methoxy groups -OCH3 is 2. The van der Waals surface area contributed by atoms with Crippen LogP contribution in [0.25, 0.3) is 0 Å². The van der Waals surface area contributed by atoms with Gasteiger partial charge in [-0.25, -0.2) is 4.79 Å². The lowest BCUT2D eigenvalue weighted by molar-refractivity contribution is -0.124.